The van der Waals surface area contributed by atoms with Crippen LogP contribution in [0.25, 0.3) is 0 Å². The lowest BCUT2D eigenvalue weighted by Gasteiger charge is -2.60. The van der Waals surface area contributed by atoms with Crippen LogP contribution < -0.4 is 5.32 Å². The predicted octanol–water partition coefficient (Wildman–Crippen LogP) is 4.50. The molecule has 0 amide bonds. The maximum atomic E-state index is 12.6. The highest BCUT2D eigenvalue weighted by molar-refractivity contribution is 5.87. The van der Waals surface area contributed by atoms with Crippen LogP contribution in [0.1, 0.15) is 71.6 Å². The van der Waals surface area contributed by atoms with Crippen molar-refractivity contribution in [1.29, 1.82) is 0 Å². The Balaban J connectivity index is 1.35. The molecular formula is C24H36N2O2. The lowest BCUT2D eigenvalue weighted by Crippen LogP contribution is -2.54. The van der Waals surface area contributed by atoms with E-state index in [1.807, 2.05) is 0 Å². The number of carbonyl (C=O) groups is 1. The Morgan fingerprint density at radius 3 is 2.75 bits per heavy atom. The first-order valence-corrected chi connectivity index (χ1v) is 11.5. The van der Waals surface area contributed by atoms with Gasteiger partial charge < -0.3 is 10.2 Å². The molecule has 28 heavy (non-hydrogen) atoms. The van der Waals surface area contributed by atoms with E-state index in [1.54, 1.807) is 0 Å². The van der Waals surface area contributed by atoms with Crippen LogP contribution >= 0.6 is 0 Å². The average Bonchev–Trinajstić information content (AvgIpc) is 3.29. The van der Waals surface area contributed by atoms with Gasteiger partial charge in [-0.2, -0.15) is 0 Å². The summed E-state index contributed by atoms with van der Waals surface area (Å²) < 4.78 is 0. The Morgan fingerprint density at radius 1 is 1.11 bits per heavy atom. The molecule has 0 aromatic heterocycles. The number of hydrogen-bond donors (Lipinski definition) is 1. The third-order valence-corrected chi connectivity index (χ3v) is 9.52. The van der Waals surface area contributed by atoms with E-state index in [2.05, 4.69) is 30.9 Å². The molecule has 7 atom stereocenters. The molecule has 1 saturated heterocycles. The third-order valence-electron chi connectivity index (χ3n) is 9.52. The summed E-state index contributed by atoms with van der Waals surface area (Å²) >= 11 is 0. The molecular weight excluding hydrogens is 348 g/mol. The zero-order valence-corrected chi connectivity index (χ0v) is 17.6. The fourth-order valence-corrected chi connectivity index (χ4v) is 7.77. The quantitative estimate of drug-likeness (QED) is 0.563. The van der Waals surface area contributed by atoms with Gasteiger partial charge in [-0.15, -0.1) is 0 Å². The second kappa shape index (κ2) is 6.68. The molecule has 4 nitrogen and oxygen atoms in total. The van der Waals surface area contributed by atoms with E-state index >= 15 is 0 Å². The van der Waals surface area contributed by atoms with E-state index in [0.29, 0.717) is 29.0 Å². The number of nitrogens with one attached hydrogen (secondary N) is 1. The Morgan fingerprint density at radius 2 is 1.96 bits per heavy atom. The zero-order chi connectivity index (χ0) is 19.5. The minimum atomic E-state index is -0.0465. The van der Waals surface area contributed by atoms with E-state index in [4.69, 9.17) is 4.84 Å². The van der Waals surface area contributed by atoms with Crippen LogP contribution in [0.5, 0.6) is 0 Å². The maximum absolute atomic E-state index is 12.6. The van der Waals surface area contributed by atoms with Crippen molar-refractivity contribution in [1.82, 2.24) is 5.32 Å². The maximum Gasteiger partial charge on any atom is 0.141 e. The number of nitrogens with zero attached hydrogens (tertiary/aromatic N) is 1. The molecule has 0 aromatic rings. The van der Waals surface area contributed by atoms with Crippen molar-refractivity contribution < 1.29 is 9.63 Å². The zero-order valence-electron chi connectivity index (χ0n) is 17.6. The fraction of sp³-hybridized carbons (Fsp3) is 0.833. The molecule has 0 aromatic carbocycles. The molecule has 5 rings (SSSR count). The van der Waals surface area contributed by atoms with E-state index < -0.39 is 0 Å². The molecule has 5 aliphatic rings. The first kappa shape index (κ1) is 18.8. The van der Waals surface area contributed by atoms with Gasteiger partial charge in [0.05, 0.1) is 5.71 Å². The molecule has 1 unspecified atom stereocenters. The number of carbonyl (C=O) groups excluding carboxylic acids is 1. The topological polar surface area (TPSA) is 50.7 Å². The summed E-state index contributed by atoms with van der Waals surface area (Å²) in [5.74, 6) is 3.06. The van der Waals surface area contributed by atoms with Crippen molar-refractivity contribution in [2.45, 2.75) is 77.7 Å². The number of allylic oxidation sites excluding steroid dienone is 1. The monoisotopic (exact) mass is 384 g/mol. The molecule has 1 N–H and O–H groups in total. The smallest absolute Gasteiger partial charge is 0.141 e. The van der Waals surface area contributed by atoms with Crippen molar-refractivity contribution in [2.75, 3.05) is 13.1 Å². The predicted molar refractivity (Wildman–Crippen MR) is 111 cm³/mol. The lowest BCUT2D eigenvalue weighted by atomic mass is 9.44. The van der Waals surface area contributed by atoms with Gasteiger partial charge in [0.1, 0.15) is 11.9 Å². The minimum absolute atomic E-state index is 0.0465. The highest BCUT2D eigenvalue weighted by atomic mass is 16.6. The number of ketones is 1. The van der Waals surface area contributed by atoms with Crippen LogP contribution in [0.4, 0.5) is 0 Å². The van der Waals surface area contributed by atoms with Crippen molar-refractivity contribution in [3.63, 3.8) is 0 Å². The van der Waals surface area contributed by atoms with Gasteiger partial charge in [0, 0.05) is 24.8 Å². The lowest BCUT2D eigenvalue weighted by molar-refractivity contribution is -0.134. The molecule has 5 fully saturated rings. The first-order chi connectivity index (χ1) is 13.4. The van der Waals surface area contributed by atoms with E-state index in [-0.39, 0.29) is 11.5 Å². The van der Waals surface area contributed by atoms with E-state index in [9.17, 15) is 4.79 Å². The van der Waals surface area contributed by atoms with Gasteiger partial charge in [-0.1, -0.05) is 31.2 Å². The van der Waals surface area contributed by atoms with Crippen LogP contribution in [0.3, 0.4) is 0 Å². The number of Topliss-reactive ketones (excluding diaryl/α,β-unsaturated/α-hetero) is 1. The van der Waals surface area contributed by atoms with Gasteiger partial charge in [0.25, 0.3) is 0 Å². The molecule has 4 aliphatic carbocycles. The molecule has 0 radical (unpaired) electrons. The van der Waals surface area contributed by atoms with Crippen LogP contribution in [-0.2, 0) is 9.63 Å². The summed E-state index contributed by atoms with van der Waals surface area (Å²) in [5, 5.41) is 7.93. The van der Waals surface area contributed by atoms with Gasteiger partial charge in [-0.25, -0.2) is 0 Å². The molecule has 1 heterocycles. The number of oxime groups is 1. The van der Waals surface area contributed by atoms with Gasteiger partial charge in [0.15, 0.2) is 0 Å². The molecule has 1 aliphatic heterocycles. The number of fused-ring (bicyclic) bond motifs is 5. The molecule has 4 saturated carbocycles. The standard InChI is InChI=1S/C24H36N2O2/c1-15-12-18-19-4-5-22(27)24(19,3)10-7-20(18)23(2)9-6-16(13-21(15)23)26-28-17-8-11-25-14-17/h17-21,25H,1,4-14H2,2-3H3/b26-16-/t17-,18+,19+,20+,21?,23-,24+/m1/s1. The summed E-state index contributed by atoms with van der Waals surface area (Å²) in [7, 11) is 0. The summed E-state index contributed by atoms with van der Waals surface area (Å²) in [5.41, 5.74) is 2.93. The number of rotatable bonds is 2. The van der Waals surface area contributed by atoms with Gasteiger partial charge in [-0.05, 0) is 80.6 Å². The fourth-order valence-electron chi connectivity index (χ4n) is 7.77. The Kier molecular flexibility index (Phi) is 4.50. The average molecular weight is 385 g/mol. The molecule has 0 bridgehead atoms. The molecule has 0 spiro atoms. The Labute approximate surface area is 169 Å². The van der Waals surface area contributed by atoms with E-state index in [0.717, 1.165) is 64.0 Å². The molecule has 4 heteroatoms. The van der Waals surface area contributed by atoms with Crippen LogP contribution in [-0.4, -0.2) is 30.7 Å². The van der Waals surface area contributed by atoms with Gasteiger partial charge >= 0.3 is 0 Å². The van der Waals surface area contributed by atoms with Crippen LogP contribution in [0, 0.1) is 34.5 Å². The Hall–Kier alpha value is -1.16. The SMILES string of the molecule is C=C1C[C@@H]2[C@H](CC[C@]3(C)C(=O)CC[C@@H]23)[C@@]2(C)CC/C(=N/O[C@@H]3CCNC3)CC12. The minimum Gasteiger partial charge on any atom is -0.391 e. The van der Waals surface area contributed by atoms with Gasteiger partial charge in [0.2, 0.25) is 0 Å². The normalized spacial score (nSPS) is 49.6. The van der Waals surface area contributed by atoms with Crippen molar-refractivity contribution in [2.24, 2.45) is 39.7 Å². The summed E-state index contributed by atoms with van der Waals surface area (Å²) in [6.45, 7) is 11.3. The van der Waals surface area contributed by atoms with Crippen LogP contribution in [0.15, 0.2) is 17.3 Å². The Bertz CT molecular complexity index is 709. The summed E-state index contributed by atoms with van der Waals surface area (Å²) in [6.07, 6.45) is 9.96. The molecule has 154 valence electrons. The summed E-state index contributed by atoms with van der Waals surface area (Å²) in [4.78, 5) is 18.5. The second-order valence-corrected chi connectivity index (χ2v) is 10.8. The van der Waals surface area contributed by atoms with Crippen molar-refractivity contribution >= 4 is 11.5 Å². The highest BCUT2D eigenvalue weighted by Crippen LogP contribution is 2.66. The number of hydrogen-bond acceptors (Lipinski definition) is 4. The van der Waals surface area contributed by atoms with Gasteiger partial charge in [-0.3, -0.25) is 4.79 Å². The second-order valence-electron chi connectivity index (χ2n) is 10.8. The largest absolute Gasteiger partial charge is 0.391 e. The van der Waals surface area contributed by atoms with Crippen molar-refractivity contribution in [3.05, 3.63) is 12.2 Å². The van der Waals surface area contributed by atoms with Crippen molar-refractivity contribution in [3.8, 4) is 0 Å². The highest BCUT2D eigenvalue weighted by Gasteiger charge is 2.60. The van der Waals surface area contributed by atoms with E-state index in [1.165, 1.54) is 24.1 Å². The first-order valence-electron chi connectivity index (χ1n) is 11.5. The summed E-state index contributed by atoms with van der Waals surface area (Å²) in [6, 6.07) is 0. The third kappa shape index (κ3) is 2.74. The van der Waals surface area contributed by atoms with Crippen LogP contribution in [0.2, 0.25) is 0 Å².